The second-order valence-corrected chi connectivity index (χ2v) is 5.06. The zero-order valence-corrected chi connectivity index (χ0v) is 11.6. The standard InChI is InChI=1S/C17H19NO2/c1-13(19)14-7-2-3-8-15(14)18-11-6-12-20-17-10-5-4-9-16(17)18/h2-5,7-10,13,19H,6,11-12H2,1H3/t13-/m0/s1. The molecule has 2 aromatic rings. The lowest BCUT2D eigenvalue weighted by molar-refractivity contribution is 0.199. The molecule has 3 nitrogen and oxygen atoms in total. The summed E-state index contributed by atoms with van der Waals surface area (Å²) in [6, 6.07) is 16.1. The number of anilines is 2. The van der Waals surface area contributed by atoms with Gasteiger partial charge in [-0.1, -0.05) is 30.3 Å². The number of fused-ring (bicyclic) bond motifs is 1. The van der Waals surface area contributed by atoms with Crippen molar-refractivity contribution >= 4 is 11.4 Å². The topological polar surface area (TPSA) is 32.7 Å². The smallest absolute Gasteiger partial charge is 0.142 e. The van der Waals surface area contributed by atoms with E-state index in [0.717, 1.165) is 42.3 Å². The number of rotatable bonds is 2. The van der Waals surface area contributed by atoms with Gasteiger partial charge in [0.1, 0.15) is 5.75 Å². The van der Waals surface area contributed by atoms with Crippen molar-refractivity contribution in [1.29, 1.82) is 0 Å². The maximum absolute atomic E-state index is 10.00. The van der Waals surface area contributed by atoms with E-state index in [-0.39, 0.29) is 0 Å². The highest BCUT2D eigenvalue weighted by molar-refractivity contribution is 5.72. The molecular weight excluding hydrogens is 250 g/mol. The van der Waals surface area contributed by atoms with Crippen molar-refractivity contribution in [3.8, 4) is 5.75 Å². The van der Waals surface area contributed by atoms with Crippen molar-refractivity contribution in [3.63, 3.8) is 0 Å². The average Bonchev–Trinajstić information content (AvgIpc) is 2.69. The second-order valence-electron chi connectivity index (χ2n) is 5.06. The molecule has 0 aliphatic carbocycles. The first-order chi connectivity index (χ1) is 9.77. The van der Waals surface area contributed by atoms with Gasteiger partial charge in [-0.2, -0.15) is 0 Å². The zero-order valence-electron chi connectivity index (χ0n) is 11.6. The third-order valence-electron chi connectivity index (χ3n) is 3.62. The largest absolute Gasteiger partial charge is 0.491 e. The summed E-state index contributed by atoms with van der Waals surface area (Å²) in [6.45, 7) is 3.42. The number of hydrogen-bond donors (Lipinski definition) is 1. The molecule has 1 atom stereocenters. The third-order valence-corrected chi connectivity index (χ3v) is 3.62. The van der Waals surface area contributed by atoms with E-state index < -0.39 is 6.10 Å². The third kappa shape index (κ3) is 2.37. The number of aliphatic hydroxyl groups is 1. The monoisotopic (exact) mass is 269 g/mol. The summed E-state index contributed by atoms with van der Waals surface area (Å²) in [5, 5.41) is 10.00. The molecule has 20 heavy (non-hydrogen) atoms. The van der Waals surface area contributed by atoms with Crippen molar-refractivity contribution in [2.75, 3.05) is 18.1 Å². The van der Waals surface area contributed by atoms with Crippen molar-refractivity contribution < 1.29 is 9.84 Å². The van der Waals surface area contributed by atoms with Gasteiger partial charge in [-0.05, 0) is 31.5 Å². The highest BCUT2D eigenvalue weighted by atomic mass is 16.5. The first-order valence-corrected chi connectivity index (χ1v) is 7.04. The lowest BCUT2D eigenvalue weighted by atomic mass is 10.1. The molecule has 1 aliphatic rings. The van der Waals surface area contributed by atoms with Crippen molar-refractivity contribution in [3.05, 3.63) is 54.1 Å². The Morgan fingerprint density at radius 1 is 1.05 bits per heavy atom. The molecule has 0 radical (unpaired) electrons. The van der Waals surface area contributed by atoms with Gasteiger partial charge in [0.25, 0.3) is 0 Å². The van der Waals surface area contributed by atoms with Crippen molar-refractivity contribution in [1.82, 2.24) is 0 Å². The Hall–Kier alpha value is -2.00. The Balaban J connectivity index is 2.10. The van der Waals surface area contributed by atoms with Crippen LogP contribution >= 0.6 is 0 Å². The zero-order chi connectivity index (χ0) is 13.9. The predicted octanol–water partition coefficient (Wildman–Crippen LogP) is 3.66. The number of benzene rings is 2. The Labute approximate surface area is 119 Å². The van der Waals surface area contributed by atoms with E-state index in [0.29, 0.717) is 0 Å². The van der Waals surface area contributed by atoms with Gasteiger partial charge in [0, 0.05) is 17.8 Å². The molecule has 104 valence electrons. The molecule has 1 heterocycles. The molecule has 1 aliphatic heterocycles. The van der Waals surface area contributed by atoms with Crippen molar-refractivity contribution in [2.45, 2.75) is 19.4 Å². The van der Waals surface area contributed by atoms with Crippen LogP contribution in [-0.4, -0.2) is 18.3 Å². The van der Waals surface area contributed by atoms with Crippen LogP contribution in [0.1, 0.15) is 25.0 Å². The summed E-state index contributed by atoms with van der Waals surface area (Å²) < 4.78 is 5.80. The fourth-order valence-corrected chi connectivity index (χ4v) is 2.66. The lowest BCUT2D eigenvalue weighted by Gasteiger charge is -2.27. The SMILES string of the molecule is C[C@H](O)c1ccccc1N1CCCOc2ccccc21. The average molecular weight is 269 g/mol. The van der Waals surface area contributed by atoms with E-state index in [2.05, 4.69) is 17.0 Å². The summed E-state index contributed by atoms with van der Waals surface area (Å²) in [6.07, 6.45) is 0.477. The number of hydrogen-bond acceptors (Lipinski definition) is 3. The molecule has 0 amide bonds. The highest BCUT2D eigenvalue weighted by Gasteiger charge is 2.20. The van der Waals surface area contributed by atoms with E-state index in [1.165, 1.54) is 0 Å². The number of aliphatic hydroxyl groups excluding tert-OH is 1. The molecule has 0 fully saturated rings. The summed E-state index contributed by atoms with van der Waals surface area (Å²) in [5.74, 6) is 0.908. The highest BCUT2D eigenvalue weighted by Crippen LogP contribution is 2.38. The van der Waals surface area contributed by atoms with Gasteiger partial charge in [0.2, 0.25) is 0 Å². The van der Waals surface area contributed by atoms with Crippen LogP contribution in [0.3, 0.4) is 0 Å². The van der Waals surface area contributed by atoms with Gasteiger partial charge in [-0.15, -0.1) is 0 Å². The fourth-order valence-electron chi connectivity index (χ4n) is 2.66. The molecule has 0 aromatic heterocycles. The van der Waals surface area contributed by atoms with Crippen LogP contribution in [0.5, 0.6) is 5.75 Å². The number of para-hydroxylation sites is 3. The minimum atomic E-state index is -0.484. The van der Waals surface area contributed by atoms with Gasteiger partial charge in [-0.3, -0.25) is 0 Å². The fraction of sp³-hybridized carbons (Fsp3) is 0.294. The second kappa shape index (κ2) is 5.55. The van der Waals surface area contributed by atoms with Gasteiger partial charge < -0.3 is 14.7 Å². The van der Waals surface area contributed by atoms with Gasteiger partial charge in [0.15, 0.2) is 0 Å². The minimum absolute atomic E-state index is 0.484. The summed E-state index contributed by atoms with van der Waals surface area (Å²) in [5.41, 5.74) is 3.07. The predicted molar refractivity (Wildman–Crippen MR) is 80.6 cm³/mol. The van der Waals surface area contributed by atoms with E-state index in [1.54, 1.807) is 6.92 Å². The quantitative estimate of drug-likeness (QED) is 0.903. The molecule has 0 saturated heterocycles. The van der Waals surface area contributed by atoms with E-state index >= 15 is 0 Å². The van der Waals surface area contributed by atoms with E-state index in [9.17, 15) is 5.11 Å². The maximum Gasteiger partial charge on any atom is 0.142 e. The Kier molecular flexibility index (Phi) is 3.61. The minimum Gasteiger partial charge on any atom is -0.491 e. The number of nitrogens with zero attached hydrogens (tertiary/aromatic N) is 1. The first kappa shape index (κ1) is 13.0. The summed E-state index contributed by atoms with van der Waals surface area (Å²) in [7, 11) is 0. The molecule has 1 N–H and O–H groups in total. The van der Waals surface area contributed by atoms with Crippen LogP contribution in [0.4, 0.5) is 11.4 Å². The van der Waals surface area contributed by atoms with Crippen molar-refractivity contribution in [2.24, 2.45) is 0 Å². The molecule has 0 unspecified atom stereocenters. The maximum atomic E-state index is 10.00. The van der Waals surface area contributed by atoms with Crippen LogP contribution in [0.15, 0.2) is 48.5 Å². The Morgan fingerprint density at radius 3 is 2.55 bits per heavy atom. The van der Waals surface area contributed by atoms with Crippen LogP contribution in [0.25, 0.3) is 0 Å². The summed E-state index contributed by atoms with van der Waals surface area (Å²) >= 11 is 0. The first-order valence-electron chi connectivity index (χ1n) is 7.04. The van der Waals surface area contributed by atoms with Crippen LogP contribution < -0.4 is 9.64 Å². The van der Waals surface area contributed by atoms with Gasteiger partial charge >= 0.3 is 0 Å². The molecule has 3 heteroatoms. The molecule has 0 saturated carbocycles. The molecule has 0 spiro atoms. The van der Waals surface area contributed by atoms with Gasteiger partial charge in [0.05, 0.1) is 18.4 Å². The molecule has 0 bridgehead atoms. The van der Waals surface area contributed by atoms with E-state index in [4.69, 9.17) is 4.74 Å². The Bertz CT molecular complexity index is 595. The van der Waals surface area contributed by atoms with E-state index in [1.807, 2.05) is 36.4 Å². The molecule has 3 rings (SSSR count). The lowest BCUT2D eigenvalue weighted by Crippen LogP contribution is -2.19. The Morgan fingerprint density at radius 2 is 1.75 bits per heavy atom. The molecule has 2 aromatic carbocycles. The van der Waals surface area contributed by atoms with Crippen LogP contribution in [0.2, 0.25) is 0 Å². The normalized spacial score (nSPS) is 16.0. The summed E-state index contributed by atoms with van der Waals surface area (Å²) in [4.78, 5) is 2.24. The van der Waals surface area contributed by atoms with Gasteiger partial charge in [-0.25, -0.2) is 0 Å². The van der Waals surface area contributed by atoms with Crippen LogP contribution in [-0.2, 0) is 0 Å². The molecular formula is C17H19NO2. The number of ether oxygens (including phenoxy) is 1. The van der Waals surface area contributed by atoms with Crippen LogP contribution in [0, 0.1) is 0 Å².